The molecule has 1 aliphatic rings. The van der Waals surface area contributed by atoms with Crippen LogP contribution in [0.2, 0.25) is 0 Å². The number of fused-ring (bicyclic) bond motifs is 1. The van der Waals surface area contributed by atoms with Gasteiger partial charge in [-0.2, -0.15) is 5.10 Å². The van der Waals surface area contributed by atoms with E-state index in [0.717, 1.165) is 17.7 Å². The van der Waals surface area contributed by atoms with E-state index in [9.17, 15) is 4.79 Å². The lowest BCUT2D eigenvalue weighted by atomic mass is 10.1. The van der Waals surface area contributed by atoms with E-state index in [4.69, 9.17) is 9.47 Å². The molecule has 3 rings (SSSR count). The van der Waals surface area contributed by atoms with E-state index < -0.39 is 0 Å². The van der Waals surface area contributed by atoms with Crippen molar-refractivity contribution >= 4 is 11.6 Å². The lowest BCUT2D eigenvalue weighted by Gasteiger charge is -2.09. The molecule has 1 aromatic carbocycles. The van der Waals surface area contributed by atoms with Crippen molar-refractivity contribution in [3.05, 3.63) is 47.8 Å². The molecule has 1 aliphatic heterocycles. The fourth-order valence-corrected chi connectivity index (χ4v) is 2.12. The van der Waals surface area contributed by atoms with Crippen molar-refractivity contribution < 1.29 is 14.3 Å². The molecule has 0 radical (unpaired) electrons. The van der Waals surface area contributed by atoms with Gasteiger partial charge in [0, 0.05) is 18.2 Å². The molecule has 114 valence electrons. The number of amides is 1. The summed E-state index contributed by atoms with van der Waals surface area (Å²) < 4.78 is 11.2. The SMILES string of the molecule is C/C(=N/NC(=O)c1ccc[nH]1)c1ccc2c(c1)OCCCO2. The molecular weight excluding hydrogens is 282 g/mol. The monoisotopic (exact) mass is 299 g/mol. The highest BCUT2D eigenvalue weighted by atomic mass is 16.5. The fourth-order valence-electron chi connectivity index (χ4n) is 2.12. The van der Waals surface area contributed by atoms with E-state index in [2.05, 4.69) is 15.5 Å². The number of carbonyl (C=O) groups excluding carboxylic acids is 1. The third kappa shape index (κ3) is 3.11. The summed E-state index contributed by atoms with van der Waals surface area (Å²) in [5, 5.41) is 4.12. The topological polar surface area (TPSA) is 75.7 Å². The van der Waals surface area contributed by atoms with Crippen LogP contribution >= 0.6 is 0 Å². The Labute approximate surface area is 128 Å². The van der Waals surface area contributed by atoms with Crippen LogP contribution in [0, 0.1) is 0 Å². The van der Waals surface area contributed by atoms with Crippen LogP contribution in [-0.4, -0.2) is 29.8 Å². The van der Waals surface area contributed by atoms with Crippen molar-refractivity contribution in [1.82, 2.24) is 10.4 Å². The van der Waals surface area contributed by atoms with Gasteiger partial charge in [-0.05, 0) is 37.3 Å². The largest absolute Gasteiger partial charge is 0.490 e. The van der Waals surface area contributed by atoms with Crippen molar-refractivity contribution in [1.29, 1.82) is 0 Å². The molecule has 2 aromatic rings. The number of carbonyl (C=O) groups is 1. The van der Waals surface area contributed by atoms with Gasteiger partial charge in [0.2, 0.25) is 0 Å². The Kier molecular flexibility index (Phi) is 4.09. The van der Waals surface area contributed by atoms with Crippen LogP contribution in [0.25, 0.3) is 0 Å². The van der Waals surface area contributed by atoms with Crippen LogP contribution in [0.3, 0.4) is 0 Å². The Morgan fingerprint density at radius 2 is 2.05 bits per heavy atom. The number of hydrogen-bond donors (Lipinski definition) is 2. The van der Waals surface area contributed by atoms with Gasteiger partial charge in [0.1, 0.15) is 5.69 Å². The highest BCUT2D eigenvalue weighted by molar-refractivity contribution is 6.00. The first-order valence-corrected chi connectivity index (χ1v) is 7.12. The van der Waals surface area contributed by atoms with Gasteiger partial charge in [0.05, 0.1) is 18.9 Å². The van der Waals surface area contributed by atoms with E-state index in [1.807, 2.05) is 25.1 Å². The summed E-state index contributed by atoms with van der Waals surface area (Å²) in [6.07, 6.45) is 2.55. The summed E-state index contributed by atoms with van der Waals surface area (Å²) >= 11 is 0. The number of aromatic amines is 1. The fraction of sp³-hybridized carbons (Fsp3) is 0.250. The smallest absolute Gasteiger partial charge is 0.287 e. The van der Waals surface area contributed by atoms with Gasteiger partial charge in [-0.15, -0.1) is 0 Å². The highest BCUT2D eigenvalue weighted by Gasteiger charge is 2.12. The van der Waals surface area contributed by atoms with Crippen molar-refractivity contribution in [2.75, 3.05) is 13.2 Å². The summed E-state index contributed by atoms with van der Waals surface area (Å²) in [4.78, 5) is 14.7. The zero-order chi connectivity index (χ0) is 15.4. The van der Waals surface area contributed by atoms with Crippen molar-refractivity contribution in [2.45, 2.75) is 13.3 Å². The molecule has 0 atom stereocenters. The van der Waals surface area contributed by atoms with Crippen molar-refractivity contribution in [3.8, 4) is 11.5 Å². The molecule has 6 heteroatoms. The third-order valence-electron chi connectivity index (χ3n) is 3.33. The summed E-state index contributed by atoms with van der Waals surface area (Å²) in [6.45, 7) is 3.12. The molecule has 0 fully saturated rings. The number of aromatic nitrogens is 1. The van der Waals surface area contributed by atoms with E-state index in [-0.39, 0.29) is 5.91 Å². The number of hydrogen-bond acceptors (Lipinski definition) is 4. The summed E-state index contributed by atoms with van der Waals surface area (Å²) in [7, 11) is 0. The average molecular weight is 299 g/mol. The highest BCUT2D eigenvalue weighted by Crippen LogP contribution is 2.30. The molecular formula is C16H17N3O3. The van der Waals surface area contributed by atoms with Crippen LogP contribution < -0.4 is 14.9 Å². The number of hydrazone groups is 1. The van der Waals surface area contributed by atoms with Crippen molar-refractivity contribution in [2.24, 2.45) is 5.10 Å². The minimum absolute atomic E-state index is 0.279. The Morgan fingerprint density at radius 1 is 1.23 bits per heavy atom. The first-order chi connectivity index (χ1) is 10.7. The second-order valence-electron chi connectivity index (χ2n) is 4.93. The Bertz CT molecular complexity index is 693. The van der Waals surface area contributed by atoms with E-state index in [1.54, 1.807) is 18.3 Å². The molecule has 0 saturated carbocycles. The number of benzene rings is 1. The summed E-state index contributed by atoms with van der Waals surface area (Å²) in [5.41, 5.74) is 4.55. The average Bonchev–Trinajstić information content (AvgIpc) is 2.97. The number of rotatable bonds is 3. The molecule has 2 heterocycles. The maximum Gasteiger partial charge on any atom is 0.287 e. The minimum atomic E-state index is -0.279. The Balaban J connectivity index is 1.74. The van der Waals surface area contributed by atoms with Crippen molar-refractivity contribution in [3.63, 3.8) is 0 Å². The molecule has 0 aliphatic carbocycles. The number of nitrogens with zero attached hydrogens (tertiary/aromatic N) is 1. The normalized spacial score (nSPS) is 14.3. The summed E-state index contributed by atoms with van der Waals surface area (Å²) in [5.74, 6) is 1.17. The molecule has 0 saturated heterocycles. The first kappa shape index (κ1) is 14.2. The number of ether oxygens (including phenoxy) is 2. The Hall–Kier alpha value is -2.76. The van der Waals surface area contributed by atoms with Gasteiger partial charge in [0.25, 0.3) is 5.91 Å². The van der Waals surface area contributed by atoms with E-state index >= 15 is 0 Å². The molecule has 1 amide bonds. The van der Waals surface area contributed by atoms with E-state index in [1.165, 1.54) is 0 Å². The van der Waals surface area contributed by atoms with Crippen LogP contribution in [0.15, 0.2) is 41.6 Å². The number of nitrogens with one attached hydrogen (secondary N) is 2. The molecule has 0 unspecified atom stereocenters. The van der Waals surface area contributed by atoms with Gasteiger partial charge in [0.15, 0.2) is 11.5 Å². The quantitative estimate of drug-likeness (QED) is 0.674. The maximum absolute atomic E-state index is 11.8. The molecule has 6 nitrogen and oxygen atoms in total. The predicted molar refractivity (Wildman–Crippen MR) is 82.5 cm³/mol. The first-order valence-electron chi connectivity index (χ1n) is 7.12. The molecule has 22 heavy (non-hydrogen) atoms. The van der Waals surface area contributed by atoms with Crippen LogP contribution in [0.1, 0.15) is 29.4 Å². The van der Waals surface area contributed by atoms with E-state index in [0.29, 0.717) is 30.4 Å². The second kappa shape index (κ2) is 6.34. The van der Waals surface area contributed by atoms with Gasteiger partial charge in [-0.3, -0.25) is 4.79 Å². The van der Waals surface area contributed by atoms with Crippen LogP contribution in [0.4, 0.5) is 0 Å². The van der Waals surface area contributed by atoms with Crippen LogP contribution in [0.5, 0.6) is 11.5 Å². The zero-order valence-electron chi connectivity index (χ0n) is 12.3. The molecule has 0 spiro atoms. The molecule has 1 aromatic heterocycles. The predicted octanol–water partition coefficient (Wildman–Crippen LogP) is 2.33. The second-order valence-corrected chi connectivity index (χ2v) is 4.93. The lowest BCUT2D eigenvalue weighted by Crippen LogP contribution is -2.19. The minimum Gasteiger partial charge on any atom is -0.490 e. The molecule has 2 N–H and O–H groups in total. The summed E-state index contributed by atoms with van der Waals surface area (Å²) in [6, 6.07) is 9.08. The van der Waals surface area contributed by atoms with Gasteiger partial charge in [-0.25, -0.2) is 5.43 Å². The van der Waals surface area contributed by atoms with Crippen LogP contribution in [-0.2, 0) is 0 Å². The number of H-pyrrole nitrogens is 1. The maximum atomic E-state index is 11.8. The third-order valence-corrected chi connectivity index (χ3v) is 3.33. The van der Waals surface area contributed by atoms with Gasteiger partial charge < -0.3 is 14.5 Å². The van der Waals surface area contributed by atoms with Gasteiger partial charge >= 0.3 is 0 Å². The lowest BCUT2D eigenvalue weighted by molar-refractivity contribution is 0.0950. The molecule has 0 bridgehead atoms. The Morgan fingerprint density at radius 3 is 2.82 bits per heavy atom. The zero-order valence-corrected chi connectivity index (χ0v) is 12.3. The van der Waals surface area contributed by atoms with Gasteiger partial charge in [-0.1, -0.05) is 0 Å². The standard InChI is InChI=1S/C16H17N3O3/c1-11(18-19-16(20)13-4-2-7-17-13)12-5-6-14-15(10-12)22-9-3-8-21-14/h2,4-7,10,17H,3,8-9H2,1H3,(H,19,20)/b18-11-.